The summed E-state index contributed by atoms with van der Waals surface area (Å²) in [5.41, 5.74) is 0. The van der Waals surface area contributed by atoms with Crippen LogP contribution in [-0.2, 0) is 0 Å². The van der Waals surface area contributed by atoms with Gasteiger partial charge in [0.25, 0.3) is 0 Å². The van der Waals surface area contributed by atoms with E-state index in [1.54, 1.807) is 11.3 Å². The van der Waals surface area contributed by atoms with E-state index in [-0.39, 0.29) is 0 Å². The van der Waals surface area contributed by atoms with Crippen LogP contribution in [0.15, 0.2) is 30.2 Å². The second kappa shape index (κ2) is 4.31. The Labute approximate surface area is 71.8 Å². The molecular formula is C9H13NS. The van der Waals surface area contributed by atoms with Crippen molar-refractivity contribution in [1.82, 2.24) is 5.32 Å². The summed E-state index contributed by atoms with van der Waals surface area (Å²) in [6, 6.07) is 4.67. The first-order chi connectivity index (χ1) is 5.34. The summed E-state index contributed by atoms with van der Waals surface area (Å²) in [5.74, 6) is 0. The SMILES string of the molecule is C=CCNC(C)c1cccs1. The Morgan fingerprint density at radius 2 is 2.64 bits per heavy atom. The lowest BCUT2D eigenvalue weighted by atomic mass is 10.3. The summed E-state index contributed by atoms with van der Waals surface area (Å²) in [5, 5.41) is 5.43. The summed E-state index contributed by atoms with van der Waals surface area (Å²) in [6.45, 7) is 6.69. The molecule has 0 radical (unpaired) electrons. The van der Waals surface area contributed by atoms with E-state index in [0.29, 0.717) is 6.04 Å². The van der Waals surface area contributed by atoms with Gasteiger partial charge in [-0.1, -0.05) is 12.1 Å². The molecule has 1 atom stereocenters. The maximum Gasteiger partial charge on any atom is 0.0388 e. The van der Waals surface area contributed by atoms with Crippen LogP contribution in [0.1, 0.15) is 17.8 Å². The van der Waals surface area contributed by atoms with Gasteiger partial charge in [-0.25, -0.2) is 0 Å². The van der Waals surface area contributed by atoms with Crippen LogP contribution in [0.3, 0.4) is 0 Å². The molecule has 1 N–H and O–H groups in total. The standard InChI is InChI=1S/C9H13NS/c1-3-6-10-8(2)9-5-4-7-11-9/h3-5,7-8,10H,1,6H2,2H3. The molecule has 1 rings (SSSR count). The van der Waals surface area contributed by atoms with Crippen molar-refractivity contribution in [2.45, 2.75) is 13.0 Å². The van der Waals surface area contributed by atoms with Crippen LogP contribution < -0.4 is 5.32 Å². The van der Waals surface area contributed by atoms with Crippen molar-refractivity contribution in [3.8, 4) is 0 Å². The van der Waals surface area contributed by atoms with Crippen LogP contribution in [-0.4, -0.2) is 6.54 Å². The highest BCUT2D eigenvalue weighted by Gasteiger charge is 2.02. The lowest BCUT2D eigenvalue weighted by Crippen LogP contribution is -2.17. The molecule has 0 bridgehead atoms. The number of thiophene rings is 1. The predicted octanol–water partition coefficient (Wildman–Crippen LogP) is 2.58. The molecule has 0 aliphatic heterocycles. The molecule has 1 heterocycles. The van der Waals surface area contributed by atoms with E-state index in [4.69, 9.17) is 0 Å². The van der Waals surface area contributed by atoms with Gasteiger partial charge in [0.2, 0.25) is 0 Å². The van der Waals surface area contributed by atoms with E-state index in [1.165, 1.54) is 4.88 Å². The number of hydrogen-bond acceptors (Lipinski definition) is 2. The second-order valence-corrected chi connectivity index (χ2v) is 3.41. The molecular weight excluding hydrogens is 154 g/mol. The van der Waals surface area contributed by atoms with Gasteiger partial charge in [-0.05, 0) is 18.4 Å². The topological polar surface area (TPSA) is 12.0 Å². The Hall–Kier alpha value is -0.600. The molecule has 2 heteroatoms. The largest absolute Gasteiger partial charge is 0.306 e. The number of rotatable bonds is 4. The fourth-order valence-electron chi connectivity index (χ4n) is 0.898. The Balaban J connectivity index is 2.42. The second-order valence-electron chi connectivity index (χ2n) is 2.43. The van der Waals surface area contributed by atoms with E-state index in [2.05, 4.69) is 36.3 Å². The zero-order valence-corrected chi connectivity index (χ0v) is 7.53. The maximum absolute atomic E-state index is 3.65. The summed E-state index contributed by atoms with van der Waals surface area (Å²) in [7, 11) is 0. The number of nitrogens with one attached hydrogen (secondary N) is 1. The molecule has 1 nitrogen and oxygen atoms in total. The van der Waals surface area contributed by atoms with Gasteiger partial charge < -0.3 is 5.32 Å². The molecule has 1 aromatic rings. The van der Waals surface area contributed by atoms with Crippen molar-refractivity contribution < 1.29 is 0 Å². The van der Waals surface area contributed by atoms with Crippen molar-refractivity contribution in [2.75, 3.05) is 6.54 Å². The zero-order chi connectivity index (χ0) is 8.10. The summed E-state index contributed by atoms with van der Waals surface area (Å²) >= 11 is 1.78. The molecule has 0 fully saturated rings. The van der Waals surface area contributed by atoms with Gasteiger partial charge in [-0.3, -0.25) is 0 Å². The molecule has 0 aromatic carbocycles. The minimum absolute atomic E-state index is 0.452. The van der Waals surface area contributed by atoms with Crippen LogP contribution in [0.2, 0.25) is 0 Å². The van der Waals surface area contributed by atoms with Crippen molar-refractivity contribution in [3.63, 3.8) is 0 Å². The fraction of sp³-hybridized carbons (Fsp3) is 0.333. The Kier molecular flexibility index (Phi) is 3.33. The van der Waals surface area contributed by atoms with Gasteiger partial charge in [0, 0.05) is 17.5 Å². The molecule has 0 spiro atoms. The molecule has 0 saturated heterocycles. The summed E-state index contributed by atoms with van der Waals surface area (Å²) < 4.78 is 0. The van der Waals surface area contributed by atoms with Gasteiger partial charge in [-0.15, -0.1) is 17.9 Å². The lowest BCUT2D eigenvalue weighted by Gasteiger charge is -2.08. The fourth-order valence-corrected chi connectivity index (χ4v) is 1.66. The van der Waals surface area contributed by atoms with Crippen molar-refractivity contribution in [3.05, 3.63) is 35.0 Å². The highest BCUT2D eigenvalue weighted by Crippen LogP contribution is 2.17. The van der Waals surface area contributed by atoms with Crippen molar-refractivity contribution in [2.24, 2.45) is 0 Å². The van der Waals surface area contributed by atoms with E-state index in [0.717, 1.165) is 6.54 Å². The minimum Gasteiger partial charge on any atom is -0.306 e. The van der Waals surface area contributed by atoms with Gasteiger partial charge in [0.1, 0.15) is 0 Å². The molecule has 1 aromatic heterocycles. The van der Waals surface area contributed by atoms with Gasteiger partial charge in [0.15, 0.2) is 0 Å². The Morgan fingerprint density at radius 3 is 3.18 bits per heavy atom. The lowest BCUT2D eigenvalue weighted by molar-refractivity contribution is 0.628. The first-order valence-corrected chi connectivity index (χ1v) is 4.60. The van der Waals surface area contributed by atoms with E-state index >= 15 is 0 Å². The molecule has 0 amide bonds. The average molecular weight is 167 g/mol. The summed E-state index contributed by atoms with van der Waals surface area (Å²) in [6.07, 6.45) is 1.88. The van der Waals surface area contributed by atoms with Crippen LogP contribution in [0, 0.1) is 0 Å². The Bertz CT molecular complexity index is 203. The minimum atomic E-state index is 0.452. The number of hydrogen-bond donors (Lipinski definition) is 1. The molecule has 11 heavy (non-hydrogen) atoms. The average Bonchev–Trinajstić information content (AvgIpc) is 2.52. The third-order valence-corrected chi connectivity index (χ3v) is 2.59. The third-order valence-electron chi connectivity index (χ3n) is 1.54. The maximum atomic E-state index is 3.65. The Morgan fingerprint density at radius 1 is 1.82 bits per heavy atom. The highest BCUT2D eigenvalue weighted by molar-refractivity contribution is 7.10. The molecule has 0 aliphatic carbocycles. The van der Waals surface area contributed by atoms with Crippen LogP contribution >= 0.6 is 11.3 Å². The van der Waals surface area contributed by atoms with Crippen molar-refractivity contribution >= 4 is 11.3 Å². The zero-order valence-electron chi connectivity index (χ0n) is 6.71. The van der Waals surface area contributed by atoms with Crippen molar-refractivity contribution in [1.29, 1.82) is 0 Å². The predicted molar refractivity (Wildman–Crippen MR) is 50.9 cm³/mol. The van der Waals surface area contributed by atoms with E-state index < -0.39 is 0 Å². The molecule has 0 saturated carbocycles. The highest BCUT2D eigenvalue weighted by atomic mass is 32.1. The van der Waals surface area contributed by atoms with Crippen LogP contribution in [0.5, 0.6) is 0 Å². The first-order valence-electron chi connectivity index (χ1n) is 3.72. The quantitative estimate of drug-likeness (QED) is 0.680. The van der Waals surface area contributed by atoms with Crippen LogP contribution in [0.4, 0.5) is 0 Å². The van der Waals surface area contributed by atoms with E-state index in [9.17, 15) is 0 Å². The molecule has 1 unspecified atom stereocenters. The monoisotopic (exact) mass is 167 g/mol. The first kappa shape index (κ1) is 8.50. The third kappa shape index (κ3) is 2.48. The van der Waals surface area contributed by atoms with Gasteiger partial charge in [0.05, 0.1) is 0 Å². The van der Waals surface area contributed by atoms with E-state index in [1.807, 2.05) is 6.08 Å². The smallest absolute Gasteiger partial charge is 0.0388 e. The van der Waals surface area contributed by atoms with Gasteiger partial charge >= 0.3 is 0 Å². The van der Waals surface area contributed by atoms with Gasteiger partial charge in [-0.2, -0.15) is 0 Å². The normalized spacial score (nSPS) is 12.8. The molecule has 60 valence electrons. The van der Waals surface area contributed by atoms with Crippen LogP contribution in [0.25, 0.3) is 0 Å². The molecule has 0 aliphatic rings. The summed E-state index contributed by atoms with van der Waals surface area (Å²) in [4.78, 5) is 1.38.